The first-order valence-corrected chi connectivity index (χ1v) is 4.43. The highest BCUT2D eigenvalue weighted by molar-refractivity contribution is 5.80. The molecule has 0 bridgehead atoms. The van der Waals surface area contributed by atoms with Gasteiger partial charge >= 0.3 is 5.97 Å². The molecular formula is C8H13N3O2. The molecule has 0 spiro atoms. The van der Waals surface area contributed by atoms with Crippen molar-refractivity contribution in [2.24, 2.45) is 0 Å². The monoisotopic (exact) mass is 183 g/mol. The van der Waals surface area contributed by atoms with Crippen molar-refractivity contribution in [2.75, 3.05) is 6.54 Å². The van der Waals surface area contributed by atoms with Crippen molar-refractivity contribution < 1.29 is 9.90 Å². The molecule has 2 aliphatic rings. The lowest BCUT2D eigenvalue weighted by molar-refractivity contribution is -0.146. The summed E-state index contributed by atoms with van der Waals surface area (Å²) in [5.74, 6) is -0.864. The molecule has 2 aliphatic heterocycles. The van der Waals surface area contributed by atoms with Crippen LogP contribution >= 0.6 is 0 Å². The van der Waals surface area contributed by atoms with Crippen LogP contribution in [0.5, 0.6) is 0 Å². The first-order valence-electron chi connectivity index (χ1n) is 4.43. The van der Waals surface area contributed by atoms with Crippen LogP contribution in [0, 0.1) is 0 Å². The van der Waals surface area contributed by atoms with Crippen LogP contribution in [-0.4, -0.2) is 29.3 Å². The van der Waals surface area contributed by atoms with Crippen molar-refractivity contribution in [3.05, 3.63) is 12.4 Å². The molecule has 0 aromatic carbocycles. The third kappa shape index (κ3) is 1.16. The maximum atomic E-state index is 11.1. The van der Waals surface area contributed by atoms with Crippen molar-refractivity contribution >= 4 is 5.97 Å². The van der Waals surface area contributed by atoms with E-state index in [1.807, 2.05) is 0 Å². The van der Waals surface area contributed by atoms with E-state index in [1.165, 1.54) is 0 Å². The van der Waals surface area contributed by atoms with Gasteiger partial charge in [0.2, 0.25) is 5.66 Å². The molecular weight excluding hydrogens is 170 g/mol. The molecule has 2 heterocycles. The maximum absolute atomic E-state index is 11.1. The van der Waals surface area contributed by atoms with Gasteiger partial charge in [-0.1, -0.05) is 0 Å². The van der Waals surface area contributed by atoms with Crippen molar-refractivity contribution in [1.82, 2.24) is 16.0 Å². The van der Waals surface area contributed by atoms with Gasteiger partial charge in [0.05, 0.1) is 6.04 Å². The third-order valence-corrected chi connectivity index (χ3v) is 2.63. The van der Waals surface area contributed by atoms with Crippen molar-refractivity contribution in [3.63, 3.8) is 0 Å². The van der Waals surface area contributed by atoms with Gasteiger partial charge < -0.3 is 21.1 Å². The van der Waals surface area contributed by atoms with E-state index in [9.17, 15) is 4.79 Å². The number of aliphatic carboxylic acids is 1. The van der Waals surface area contributed by atoms with E-state index in [2.05, 4.69) is 16.0 Å². The van der Waals surface area contributed by atoms with Gasteiger partial charge in [-0.05, 0) is 19.4 Å². The van der Waals surface area contributed by atoms with Crippen molar-refractivity contribution in [3.8, 4) is 0 Å². The number of hydrogen-bond donors (Lipinski definition) is 4. The minimum atomic E-state index is -1.03. The van der Waals surface area contributed by atoms with Gasteiger partial charge in [0.15, 0.2) is 0 Å². The van der Waals surface area contributed by atoms with E-state index >= 15 is 0 Å². The fourth-order valence-corrected chi connectivity index (χ4v) is 1.92. The molecule has 1 atom stereocenters. The second kappa shape index (κ2) is 2.92. The fourth-order valence-electron chi connectivity index (χ4n) is 1.92. The van der Waals surface area contributed by atoms with Gasteiger partial charge in [0, 0.05) is 12.4 Å². The van der Waals surface area contributed by atoms with Crippen LogP contribution in [0.1, 0.15) is 12.8 Å². The van der Waals surface area contributed by atoms with E-state index in [4.69, 9.17) is 5.11 Å². The van der Waals surface area contributed by atoms with Crippen molar-refractivity contribution in [1.29, 1.82) is 0 Å². The zero-order valence-electron chi connectivity index (χ0n) is 7.21. The lowest BCUT2D eigenvalue weighted by Crippen LogP contribution is -2.66. The molecule has 1 unspecified atom stereocenters. The quantitative estimate of drug-likeness (QED) is 0.450. The molecule has 0 radical (unpaired) electrons. The van der Waals surface area contributed by atoms with Gasteiger partial charge in [0.1, 0.15) is 0 Å². The molecule has 1 fully saturated rings. The average molecular weight is 183 g/mol. The Kier molecular flexibility index (Phi) is 1.88. The Morgan fingerprint density at radius 3 is 2.62 bits per heavy atom. The topological polar surface area (TPSA) is 73.4 Å². The van der Waals surface area contributed by atoms with Gasteiger partial charge in [-0.3, -0.25) is 0 Å². The van der Waals surface area contributed by atoms with E-state index in [1.54, 1.807) is 12.4 Å². The first-order chi connectivity index (χ1) is 6.26. The van der Waals surface area contributed by atoms with Gasteiger partial charge in [-0.2, -0.15) is 0 Å². The molecule has 0 aromatic heterocycles. The molecule has 72 valence electrons. The van der Waals surface area contributed by atoms with Crippen LogP contribution in [0.3, 0.4) is 0 Å². The van der Waals surface area contributed by atoms with Gasteiger partial charge in [-0.25, -0.2) is 4.79 Å². The molecule has 0 amide bonds. The van der Waals surface area contributed by atoms with Gasteiger partial charge in [-0.15, -0.1) is 0 Å². The summed E-state index contributed by atoms with van der Waals surface area (Å²) in [6.45, 7) is 0.892. The zero-order chi connectivity index (χ0) is 9.31. The van der Waals surface area contributed by atoms with E-state index < -0.39 is 11.6 Å². The van der Waals surface area contributed by atoms with Crippen LogP contribution in [0.4, 0.5) is 0 Å². The highest BCUT2D eigenvalue weighted by atomic mass is 16.4. The normalized spacial score (nSPS) is 29.7. The number of carbonyl (C=O) groups is 1. The van der Waals surface area contributed by atoms with Crippen molar-refractivity contribution in [2.45, 2.75) is 24.5 Å². The summed E-state index contributed by atoms with van der Waals surface area (Å²) in [4.78, 5) is 11.1. The fraction of sp³-hybridized carbons (Fsp3) is 0.625. The van der Waals surface area contributed by atoms with Gasteiger partial charge in [0.25, 0.3) is 0 Å². The standard InChI is InChI=1S/C8H13N3O2/c12-7(13)8(10-4-5-11-8)6-2-1-3-9-6/h4-6,9-11H,1-3H2,(H,12,13). The molecule has 1 saturated heterocycles. The SMILES string of the molecule is O=C(O)C1(C2CCCN2)NC=CN1. The predicted molar refractivity (Wildman–Crippen MR) is 46.8 cm³/mol. The average Bonchev–Trinajstić information content (AvgIpc) is 2.75. The number of carboxylic acids is 1. The Morgan fingerprint density at radius 1 is 1.46 bits per heavy atom. The van der Waals surface area contributed by atoms with Crippen LogP contribution in [-0.2, 0) is 4.79 Å². The molecule has 0 aromatic rings. The summed E-state index contributed by atoms with van der Waals surface area (Å²) in [6, 6.07) is -0.0417. The summed E-state index contributed by atoms with van der Waals surface area (Å²) in [6.07, 6.45) is 5.18. The largest absolute Gasteiger partial charge is 0.478 e. The highest BCUT2D eigenvalue weighted by Crippen LogP contribution is 2.19. The van der Waals surface area contributed by atoms with Crippen LogP contribution in [0.15, 0.2) is 12.4 Å². The Hall–Kier alpha value is -1.23. The molecule has 5 heteroatoms. The van der Waals surface area contributed by atoms with E-state index in [0.29, 0.717) is 0 Å². The van der Waals surface area contributed by atoms with Crippen LogP contribution in [0.2, 0.25) is 0 Å². The summed E-state index contributed by atoms with van der Waals surface area (Å²) < 4.78 is 0. The Bertz CT molecular complexity index is 238. The number of rotatable bonds is 2. The third-order valence-electron chi connectivity index (χ3n) is 2.63. The smallest absolute Gasteiger partial charge is 0.352 e. The second-order valence-electron chi connectivity index (χ2n) is 3.38. The number of nitrogens with one attached hydrogen (secondary N) is 3. The predicted octanol–water partition coefficient (Wildman–Crippen LogP) is -0.817. The highest BCUT2D eigenvalue weighted by Gasteiger charge is 2.47. The second-order valence-corrected chi connectivity index (χ2v) is 3.38. The molecule has 4 N–H and O–H groups in total. The summed E-state index contributed by atoms with van der Waals surface area (Å²) in [5.41, 5.74) is -1.03. The molecule has 5 nitrogen and oxygen atoms in total. The lowest BCUT2D eigenvalue weighted by atomic mass is 9.99. The van der Waals surface area contributed by atoms with E-state index in [-0.39, 0.29) is 6.04 Å². The molecule has 0 aliphatic carbocycles. The molecule has 13 heavy (non-hydrogen) atoms. The van der Waals surface area contributed by atoms with E-state index in [0.717, 1.165) is 19.4 Å². The Morgan fingerprint density at radius 2 is 2.15 bits per heavy atom. The lowest BCUT2D eigenvalue weighted by Gasteiger charge is -2.31. The zero-order valence-corrected chi connectivity index (χ0v) is 7.21. The summed E-state index contributed by atoms with van der Waals surface area (Å²) in [7, 11) is 0. The maximum Gasteiger partial charge on any atom is 0.352 e. The van der Waals surface area contributed by atoms with Crippen LogP contribution in [0.25, 0.3) is 0 Å². The minimum Gasteiger partial charge on any atom is -0.478 e. The number of carboxylic acid groups (broad SMARTS) is 1. The Labute approximate surface area is 76.2 Å². The van der Waals surface area contributed by atoms with Crippen LogP contribution < -0.4 is 16.0 Å². The minimum absolute atomic E-state index is 0.0417. The molecule has 0 saturated carbocycles. The first kappa shape index (κ1) is 8.37. The Balaban J connectivity index is 2.17. The summed E-state index contributed by atoms with van der Waals surface area (Å²) >= 11 is 0. The number of hydrogen-bond acceptors (Lipinski definition) is 4. The summed E-state index contributed by atoms with van der Waals surface area (Å²) in [5, 5.41) is 18.0. The molecule has 2 rings (SSSR count).